The standard InChI is InChI=1S/C18H25ClN4O/c1-10(2)14-8-16(24-5)15(19)7-12(14)6-13-9-21-18(22-11(3)4)23-17(13)20/h7-11H,6H2,1-5H3,(H3,20,21,22,23). The van der Waals surface area contributed by atoms with Gasteiger partial charge in [0.1, 0.15) is 11.6 Å². The summed E-state index contributed by atoms with van der Waals surface area (Å²) in [6.07, 6.45) is 2.40. The fourth-order valence-corrected chi connectivity index (χ4v) is 2.81. The molecule has 0 radical (unpaired) electrons. The van der Waals surface area contributed by atoms with E-state index in [0.29, 0.717) is 34.9 Å². The summed E-state index contributed by atoms with van der Waals surface area (Å²) in [6, 6.07) is 4.19. The second kappa shape index (κ2) is 7.71. The molecule has 24 heavy (non-hydrogen) atoms. The predicted molar refractivity (Wildman–Crippen MR) is 100 cm³/mol. The SMILES string of the molecule is COc1cc(C(C)C)c(Cc2cnc(NC(C)C)nc2N)cc1Cl. The third kappa shape index (κ3) is 4.29. The largest absolute Gasteiger partial charge is 0.495 e. The quantitative estimate of drug-likeness (QED) is 0.816. The average molecular weight is 349 g/mol. The summed E-state index contributed by atoms with van der Waals surface area (Å²) in [7, 11) is 1.62. The van der Waals surface area contributed by atoms with Gasteiger partial charge in [0, 0.05) is 24.2 Å². The molecule has 2 rings (SSSR count). The third-order valence-corrected chi connectivity index (χ3v) is 4.03. The molecule has 0 fully saturated rings. The molecular formula is C18H25ClN4O. The van der Waals surface area contributed by atoms with E-state index in [1.807, 2.05) is 26.0 Å². The maximum atomic E-state index is 6.30. The van der Waals surface area contributed by atoms with Crippen molar-refractivity contribution in [1.29, 1.82) is 0 Å². The van der Waals surface area contributed by atoms with Gasteiger partial charge >= 0.3 is 0 Å². The van der Waals surface area contributed by atoms with Gasteiger partial charge < -0.3 is 15.8 Å². The first-order chi connectivity index (χ1) is 11.3. The Kier molecular flexibility index (Phi) is 5.89. The van der Waals surface area contributed by atoms with Crippen molar-refractivity contribution < 1.29 is 4.74 Å². The lowest BCUT2D eigenvalue weighted by molar-refractivity contribution is 0.414. The predicted octanol–water partition coefficient (Wildman–Crippen LogP) is 4.26. The number of nitrogens with one attached hydrogen (secondary N) is 1. The Morgan fingerprint density at radius 3 is 2.46 bits per heavy atom. The molecule has 0 aliphatic carbocycles. The molecule has 0 atom stereocenters. The van der Waals surface area contributed by atoms with Gasteiger partial charge in [0.2, 0.25) is 5.95 Å². The van der Waals surface area contributed by atoms with Gasteiger partial charge in [0.05, 0.1) is 12.1 Å². The summed E-state index contributed by atoms with van der Waals surface area (Å²) >= 11 is 6.30. The number of nitrogen functional groups attached to an aromatic ring is 1. The molecule has 0 unspecified atom stereocenters. The van der Waals surface area contributed by atoms with Gasteiger partial charge in [-0.2, -0.15) is 4.98 Å². The topological polar surface area (TPSA) is 73.1 Å². The van der Waals surface area contributed by atoms with Gasteiger partial charge in [-0.1, -0.05) is 25.4 Å². The van der Waals surface area contributed by atoms with Crippen LogP contribution in [0.15, 0.2) is 18.3 Å². The molecule has 1 aromatic carbocycles. The second-order valence-corrected chi connectivity index (χ2v) is 6.83. The molecule has 2 aromatic rings. The molecule has 130 valence electrons. The first-order valence-corrected chi connectivity index (χ1v) is 8.43. The minimum absolute atomic E-state index is 0.253. The number of benzene rings is 1. The molecule has 6 heteroatoms. The van der Waals surface area contributed by atoms with Crippen LogP contribution in [0.2, 0.25) is 5.02 Å². The van der Waals surface area contributed by atoms with Crippen LogP contribution in [0.1, 0.15) is 50.3 Å². The van der Waals surface area contributed by atoms with E-state index in [4.69, 9.17) is 22.1 Å². The lowest BCUT2D eigenvalue weighted by Crippen LogP contribution is -2.14. The maximum Gasteiger partial charge on any atom is 0.224 e. The number of nitrogens with two attached hydrogens (primary N) is 1. The summed E-state index contributed by atoms with van der Waals surface area (Å²) in [6.45, 7) is 8.34. The summed E-state index contributed by atoms with van der Waals surface area (Å²) < 4.78 is 5.33. The van der Waals surface area contributed by atoms with Crippen LogP contribution in [0.5, 0.6) is 5.75 Å². The first kappa shape index (κ1) is 18.3. The van der Waals surface area contributed by atoms with Crippen LogP contribution in [0, 0.1) is 0 Å². The first-order valence-electron chi connectivity index (χ1n) is 8.06. The highest BCUT2D eigenvalue weighted by atomic mass is 35.5. The number of hydrogen-bond acceptors (Lipinski definition) is 5. The van der Waals surface area contributed by atoms with Crippen molar-refractivity contribution in [2.24, 2.45) is 0 Å². The Morgan fingerprint density at radius 1 is 1.21 bits per heavy atom. The summed E-state index contributed by atoms with van der Waals surface area (Å²) in [4.78, 5) is 8.68. The molecule has 0 amide bonds. The average Bonchev–Trinajstić information content (AvgIpc) is 2.49. The van der Waals surface area contributed by atoms with Gasteiger partial charge in [0.15, 0.2) is 0 Å². The molecule has 0 spiro atoms. The van der Waals surface area contributed by atoms with E-state index in [0.717, 1.165) is 11.1 Å². The Bertz CT molecular complexity index is 716. The Balaban J connectivity index is 2.35. The molecule has 1 aromatic heterocycles. The number of anilines is 2. The van der Waals surface area contributed by atoms with Crippen LogP contribution < -0.4 is 15.8 Å². The molecular weight excluding hydrogens is 324 g/mol. The fourth-order valence-electron chi connectivity index (χ4n) is 2.55. The van der Waals surface area contributed by atoms with Crippen LogP contribution in [0.3, 0.4) is 0 Å². The molecule has 3 N–H and O–H groups in total. The molecule has 0 aliphatic heterocycles. The Morgan fingerprint density at radius 2 is 1.92 bits per heavy atom. The maximum absolute atomic E-state index is 6.30. The smallest absolute Gasteiger partial charge is 0.224 e. The van der Waals surface area contributed by atoms with Crippen LogP contribution >= 0.6 is 11.6 Å². The van der Waals surface area contributed by atoms with E-state index in [-0.39, 0.29) is 6.04 Å². The van der Waals surface area contributed by atoms with Crippen molar-refractivity contribution in [2.75, 3.05) is 18.2 Å². The fraction of sp³-hybridized carbons (Fsp3) is 0.444. The highest BCUT2D eigenvalue weighted by molar-refractivity contribution is 6.32. The van der Waals surface area contributed by atoms with E-state index >= 15 is 0 Å². The van der Waals surface area contributed by atoms with Crippen molar-refractivity contribution in [3.63, 3.8) is 0 Å². The zero-order valence-electron chi connectivity index (χ0n) is 14.9. The van der Waals surface area contributed by atoms with E-state index < -0.39 is 0 Å². The number of methoxy groups -OCH3 is 1. The van der Waals surface area contributed by atoms with E-state index in [1.54, 1.807) is 13.3 Å². The molecule has 1 heterocycles. The highest BCUT2D eigenvalue weighted by Crippen LogP contribution is 2.33. The van der Waals surface area contributed by atoms with Crippen molar-refractivity contribution in [3.8, 4) is 5.75 Å². The minimum Gasteiger partial charge on any atom is -0.495 e. The minimum atomic E-state index is 0.253. The van der Waals surface area contributed by atoms with Gasteiger partial charge in [-0.15, -0.1) is 0 Å². The molecule has 5 nitrogen and oxygen atoms in total. The number of nitrogens with zero attached hydrogens (tertiary/aromatic N) is 2. The summed E-state index contributed by atoms with van der Waals surface area (Å²) in [5.74, 6) is 2.05. The monoisotopic (exact) mass is 348 g/mol. The molecule has 0 bridgehead atoms. The van der Waals surface area contributed by atoms with E-state index in [9.17, 15) is 0 Å². The van der Waals surface area contributed by atoms with Crippen LogP contribution in [-0.4, -0.2) is 23.1 Å². The zero-order chi connectivity index (χ0) is 17.9. The normalized spacial score (nSPS) is 11.2. The van der Waals surface area contributed by atoms with E-state index in [2.05, 4.69) is 29.1 Å². The van der Waals surface area contributed by atoms with E-state index in [1.165, 1.54) is 5.56 Å². The molecule has 0 saturated carbocycles. The Labute approximate surface area is 148 Å². The second-order valence-electron chi connectivity index (χ2n) is 6.42. The summed E-state index contributed by atoms with van der Waals surface area (Å²) in [5.41, 5.74) is 9.29. The molecule has 0 saturated heterocycles. The number of halogens is 1. The van der Waals surface area contributed by atoms with Gasteiger partial charge in [-0.25, -0.2) is 4.98 Å². The van der Waals surface area contributed by atoms with Crippen LogP contribution in [0.25, 0.3) is 0 Å². The van der Waals surface area contributed by atoms with Gasteiger partial charge in [0.25, 0.3) is 0 Å². The third-order valence-electron chi connectivity index (χ3n) is 3.73. The summed E-state index contributed by atoms with van der Waals surface area (Å²) in [5, 5.41) is 3.74. The van der Waals surface area contributed by atoms with Gasteiger partial charge in [-0.05, 0) is 43.0 Å². The number of aromatic nitrogens is 2. The molecule has 0 aliphatic rings. The number of rotatable bonds is 6. The highest BCUT2D eigenvalue weighted by Gasteiger charge is 2.14. The van der Waals surface area contributed by atoms with Crippen LogP contribution in [-0.2, 0) is 6.42 Å². The van der Waals surface area contributed by atoms with Gasteiger partial charge in [-0.3, -0.25) is 0 Å². The zero-order valence-corrected chi connectivity index (χ0v) is 15.6. The van der Waals surface area contributed by atoms with Crippen molar-refractivity contribution in [1.82, 2.24) is 9.97 Å². The van der Waals surface area contributed by atoms with Crippen molar-refractivity contribution in [2.45, 2.75) is 46.1 Å². The van der Waals surface area contributed by atoms with Crippen molar-refractivity contribution in [3.05, 3.63) is 40.0 Å². The lowest BCUT2D eigenvalue weighted by atomic mass is 9.93. The Hall–Kier alpha value is -2.01. The number of ether oxygens (including phenoxy) is 1. The number of hydrogen-bond donors (Lipinski definition) is 2. The lowest BCUT2D eigenvalue weighted by Gasteiger charge is -2.17. The van der Waals surface area contributed by atoms with Crippen molar-refractivity contribution >= 4 is 23.4 Å². The van der Waals surface area contributed by atoms with Crippen LogP contribution in [0.4, 0.5) is 11.8 Å².